The Kier molecular flexibility index (Phi) is 4.84. The highest BCUT2D eigenvalue weighted by Crippen LogP contribution is 2.17. The molecule has 3 amide bonds. The molecule has 0 atom stereocenters. The molecule has 0 unspecified atom stereocenters. The molecule has 6 heteroatoms. The number of rotatable bonds is 3. The third-order valence-corrected chi connectivity index (χ3v) is 4.23. The molecule has 2 heterocycles. The van der Waals surface area contributed by atoms with Crippen molar-refractivity contribution in [2.45, 2.75) is 13.3 Å². The minimum absolute atomic E-state index is 0.124. The molecule has 0 bridgehead atoms. The van der Waals surface area contributed by atoms with Gasteiger partial charge in [-0.2, -0.15) is 0 Å². The highest BCUT2D eigenvalue weighted by atomic mass is 16.3. The topological polar surface area (TPSA) is 65.8 Å². The molecule has 1 aliphatic heterocycles. The summed E-state index contributed by atoms with van der Waals surface area (Å²) >= 11 is 0. The van der Waals surface area contributed by atoms with Crippen LogP contribution in [0.1, 0.15) is 23.0 Å². The predicted octanol–water partition coefficient (Wildman–Crippen LogP) is 2.83. The first-order chi connectivity index (χ1) is 11.7. The number of aryl methyl sites for hydroxylation is 1. The molecule has 1 aromatic heterocycles. The van der Waals surface area contributed by atoms with Gasteiger partial charge >= 0.3 is 6.03 Å². The fraction of sp³-hybridized carbons (Fsp3) is 0.333. The summed E-state index contributed by atoms with van der Waals surface area (Å²) in [5.74, 6) is 0.209. The van der Waals surface area contributed by atoms with Crippen molar-refractivity contribution in [1.29, 1.82) is 0 Å². The van der Waals surface area contributed by atoms with Crippen LogP contribution in [0, 0.1) is 0 Å². The Balaban J connectivity index is 1.56. The van der Waals surface area contributed by atoms with Crippen molar-refractivity contribution >= 4 is 17.6 Å². The van der Waals surface area contributed by atoms with Gasteiger partial charge in [-0.1, -0.05) is 25.1 Å². The van der Waals surface area contributed by atoms with Gasteiger partial charge in [-0.3, -0.25) is 4.79 Å². The van der Waals surface area contributed by atoms with Crippen molar-refractivity contribution in [3.8, 4) is 0 Å². The first-order valence-electron chi connectivity index (χ1n) is 8.15. The van der Waals surface area contributed by atoms with Gasteiger partial charge in [-0.15, -0.1) is 0 Å². The number of benzene rings is 1. The molecule has 1 N–H and O–H groups in total. The van der Waals surface area contributed by atoms with E-state index in [1.54, 1.807) is 21.9 Å². The molecule has 1 saturated heterocycles. The van der Waals surface area contributed by atoms with E-state index in [1.807, 2.05) is 24.3 Å². The quantitative estimate of drug-likeness (QED) is 0.943. The fourth-order valence-corrected chi connectivity index (χ4v) is 2.81. The zero-order valence-corrected chi connectivity index (χ0v) is 13.7. The molecular formula is C18H21N3O3. The van der Waals surface area contributed by atoms with Gasteiger partial charge in [0.05, 0.1) is 6.26 Å². The summed E-state index contributed by atoms with van der Waals surface area (Å²) in [5, 5.41) is 2.97. The molecular weight excluding hydrogens is 306 g/mol. The van der Waals surface area contributed by atoms with Crippen molar-refractivity contribution in [2.75, 3.05) is 31.5 Å². The monoisotopic (exact) mass is 327 g/mol. The number of amides is 3. The number of nitrogens with zero attached hydrogens (tertiary/aromatic N) is 2. The molecule has 2 aromatic rings. The lowest BCUT2D eigenvalue weighted by Gasteiger charge is -2.34. The Hall–Kier alpha value is -2.76. The second kappa shape index (κ2) is 7.21. The molecule has 0 spiro atoms. The maximum atomic E-state index is 12.4. The van der Waals surface area contributed by atoms with E-state index < -0.39 is 0 Å². The summed E-state index contributed by atoms with van der Waals surface area (Å²) < 4.78 is 5.14. The normalized spacial score (nSPS) is 14.5. The van der Waals surface area contributed by atoms with E-state index in [2.05, 4.69) is 12.2 Å². The smallest absolute Gasteiger partial charge is 0.321 e. The summed E-state index contributed by atoms with van der Waals surface area (Å²) in [6.07, 6.45) is 2.35. The maximum Gasteiger partial charge on any atom is 0.321 e. The second-order valence-corrected chi connectivity index (χ2v) is 5.70. The Morgan fingerprint density at radius 1 is 1.04 bits per heavy atom. The number of piperazine rings is 1. The largest absolute Gasteiger partial charge is 0.459 e. The molecule has 0 radical (unpaired) electrons. The average Bonchev–Trinajstić information content (AvgIpc) is 3.16. The van der Waals surface area contributed by atoms with Crippen molar-refractivity contribution in [3.63, 3.8) is 0 Å². The molecule has 0 saturated carbocycles. The van der Waals surface area contributed by atoms with Gasteiger partial charge in [0, 0.05) is 31.9 Å². The lowest BCUT2D eigenvalue weighted by Crippen LogP contribution is -2.51. The fourth-order valence-electron chi connectivity index (χ4n) is 2.81. The van der Waals surface area contributed by atoms with Crippen LogP contribution in [-0.4, -0.2) is 47.9 Å². The average molecular weight is 327 g/mol. The molecule has 126 valence electrons. The van der Waals surface area contributed by atoms with Crippen molar-refractivity contribution in [2.24, 2.45) is 0 Å². The molecule has 0 aliphatic carbocycles. The first kappa shape index (κ1) is 16.1. The highest BCUT2D eigenvalue weighted by molar-refractivity contribution is 5.92. The van der Waals surface area contributed by atoms with Crippen LogP contribution >= 0.6 is 0 Å². The Labute approximate surface area is 141 Å². The van der Waals surface area contributed by atoms with Crippen LogP contribution in [0.5, 0.6) is 0 Å². The summed E-state index contributed by atoms with van der Waals surface area (Å²) in [5.41, 5.74) is 1.96. The van der Waals surface area contributed by atoms with E-state index in [-0.39, 0.29) is 11.9 Å². The van der Waals surface area contributed by atoms with Crippen LogP contribution in [0.25, 0.3) is 0 Å². The third kappa shape index (κ3) is 3.42. The minimum atomic E-state index is -0.128. The summed E-state index contributed by atoms with van der Waals surface area (Å²) in [6.45, 7) is 4.08. The van der Waals surface area contributed by atoms with Gasteiger partial charge in [-0.05, 0) is 30.2 Å². The molecule has 24 heavy (non-hydrogen) atoms. The Bertz CT molecular complexity index is 704. The van der Waals surface area contributed by atoms with Gasteiger partial charge in [-0.25, -0.2) is 4.79 Å². The lowest BCUT2D eigenvalue weighted by molar-refractivity contribution is 0.0640. The van der Waals surface area contributed by atoms with Gasteiger partial charge in [0.2, 0.25) is 0 Å². The molecule has 6 nitrogen and oxygen atoms in total. The summed E-state index contributed by atoms with van der Waals surface area (Å²) in [7, 11) is 0. The molecule has 1 aliphatic rings. The molecule has 1 aromatic carbocycles. The number of urea groups is 1. The van der Waals surface area contributed by atoms with Crippen molar-refractivity contribution in [1.82, 2.24) is 9.80 Å². The zero-order chi connectivity index (χ0) is 16.9. The predicted molar refractivity (Wildman–Crippen MR) is 91.0 cm³/mol. The summed E-state index contributed by atoms with van der Waals surface area (Å²) in [6, 6.07) is 11.0. The van der Waals surface area contributed by atoms with Crippen LogP contribution in [0.4, 0.5) is 10.5 Å². The first-order valence-corrected chi connectivity index (χ1v) is 8.15. The van der Waals surface area contributed by atoms with Gasteiger partial charge < -0.3 is 19.5 Å². The zero-order valence-electron chi connectivity index (χ0n) is 13.7. The number of hydrogen-bond acceptors (Lipinski definition) is 3. The van der Waals surface area contributed by atoms with E-state index in [1.165, 1.54) is 6.26 Å². The number of furan rings is 1. The Morgan fingerprint density at radius 3 is 2.42 bits per heavy atom. The van der Waals surface area contributed by atoms with Gasteiger partial charge in [0.25, 0.3) is 5.91 Å². The van der Waals surface area contributed by atoms with E-state index in [4.69, 9.17) is 4.42 Å². The van der Waals surface area contributed by atoms with E-state index in [0.717, 1.165) is 17.7 Å². The number of nitrogens with one attached hydrogen (secondary N) is 1. The van der Waals surface area contributed by atoms with Crippen LogP contribution in [0.2, 0.25) is 0 Å². The van der Waals surface area contributed by atoms with E-state index >= 15 is 0 Å². The molecule has 1 fully saturated rings. The van der Waals surface area contributed by atoms with Gasteiger partial charge in [0.1, 0.15) is 0 Å². The minimum Gasteiger partial charge on any atom is -0.459 e. The van der Waals surface area contributed by atoms with Crippen molar-refractivity contribution in [3.05, 3.63) is 54.0 Å². The number of carbonyl (C=O) groups is 2. The van der Waals surface area contributed by atoms with Crippen LogP contribution in [0.3, 0.4) is 0 Å². The van der Waals surface area contributed by atoms with Crippen LogP contribution in [0.15, 0.2) is 47.1 Å². The number of hydrogen-bond donors (Lipinski definition) is 1. The SMILES string of the molecule is CCc1ccccc1NC(=O)N1CCN(C(=O)c2ccco2)CC1. The second-order valence-electron chi connectivity index (χ2n) is 5.70. The maximum absolute atomic E-state index is 12.4. The van der Waals surface area contributed by atoms with E-state index in [0.29, 0.717) is 31.9 Å². The van der Waals surface area contributed by atoms with Crippen LogP contribution in [-0.2, 0) is 6.42 Å². The van der Waals surface area contributed by atoms with Crippen molar-refractivity contribution < 1.29 is 14.0 Å². The van der Waals surface area contributed by atoms with E-state index in [9.17, 15) is 9.59 Å². The molecule has 3 rings (SSSR count). The highest BCUT2D eigenvalue weighted by Gasteiger charge is 2.26. The van der Waals surface area contributed by atoms with Crippen LogP contribution < -0.4 is 5.32 Å². The number of para-hydroxylation sites is 1. The Morgan fingerprint density at radius 2 is 1.75 bits per heavy atom. The lowest BCUT2D eigenvalue weighted by atomic mass is 10.1. The number of carbonyl (C=O) groups excluding carboxylic acids is 2. The third-order valence-electron chi connectivity index (χ3n) is 4.23. The summed E-state index contributed by atoms with van der Waals surface area (Å²) in [4.78, 5) is 28.1. The standard InChI is InChI=1S/C18H21N3O3/c1-2-14-6-3-4-7-15(14)19-18(23)21-11-9-20(10-12-21)17(22)16-8-5-13-24-16/h3-8,13H,2,9-12H2,1H3,(H,19,23). The van der Waals surface area contributed by atoms with Gasteiger partial charge in [0.15, 0.2) is 5.76 Å². The number of anilines is 1.